The van der Waals surface area contributed by atoms with Crippen molar-refractivity contribution in [1.29, 1.82) is 0 Å². The average Bonchev–Trinajstić information content (AvgIpc) is 2.71. The summed E-state index contributed by atoms with van der Waals surface area (Å²) in [5.74, 6) is -2.76. The number of hydrogen-bond donors (Lipinski definition) is 0. The van der Waals surface area contributed by atoms with Crippen molar-refractivity contribution in [1.82, 2.24) is 9.97 Å². The van der Waals surface area contributed by atoms with Crippen LogP contribution in [-0.4, -0.2) is 36.6 Å². The molecule has 0 saturated heterocycles. The third kappa shape index (κ3) is 5.22. The lowest BCUT2D eigenvalue weighted by Crippen LogP contribution is -2.16. The molecule has 2 aromatic carbocycles. The summed E-state index contributed by atoms with van der Waals surface area (Å²) in [5.41, 5.74) is 0.391. The van der Waals surface area contributed by atoms with Gasteiger partial charge >= 0.3 is 11.9 Å². The smallest absolute Gasteiger partial charge is 0.242 e. The van der Waals surface area contributed by atoms with E-state index in [1.54, 1.807) is 6.92 Å². The lowest BCUT2D eigenvalue weighted by molar-refractivity contribution is -0.187. The summed E-state index contributed by atoms with van der Waals surface area (Å²) >= 11 is 5.81. The molecule has 0 bridgehead atoms. The third-order valence-corrected chi connectivity index (χ3v) is 5.12. The van der Waals surface area contributed by atoms with E-state index < -0.39 is 38.4 Å². The standard InChI is InChI=1S/C20H14ClFN2O6S/c1-11-8-14(22)6-7-15(11)16-10-23-20(31(2,27)28)24-17(16)19(26)30-29-18(25)12-4-3-5-13(21)9-12/h3-10H,1-2H3. The minimum atomic E-state index is -3.87. The Labute approximate surface area is 181 Å². The van der Waals surface area contributed by atoms with Crippen LogP contribution in [0.4, 0.5) is 4.39 Å². The number of sulfone groups is 1. The molecule has 0 spiro atoms. The largest absolute Gasteiger partial charge is 0.405 e. The molecule has 3 aromatic rings. The average molecular weight is 465 g/mol. The van der Waals surface area contributed by atoms with Gasteiger partial charge in [0.15, 0.2) is 5.69 Å². The van der Waals surface area contributed by atoms with E-state index in [0.29, 0.717) is 11.1 Å². The Balaban J connectivity index is 1.96. The van der Waals surface area contributed by atoms with Gasteiger partial charge in [0.25, 0.3) is 0 Å². The molecule has 0 unspecified atom stereocenters. The number of carbonyl (C=O) groups excluding carboxylic acids is 2. The molecular weight excluding hydrogens is 451 g/mol. The predicted octanol–water partition coefficient (Wildman–Crippen LogP) is 3.58. The van der Waals surface area contributed by atoms with Crippen LogP contribution in [-0.2, 0) is 19.6 Å². The van der Waals surface area contributed by atoms with Crippen LogP contribution in [0.5, 0.6) is 0 Å². The Hall–Kier alpha value is -3.37. The normalized spacial score (nSPS) is 11.1. The van der Waals surface area contributed by atoms with Gasteiger partial charge in [0.2, 0.25) is 15.0 Å². The molecular formula is C20H14ClFN2O6S. The van der Waals surface area contributed by atoms with Crippen molar-refractivity contribution in [3.8, 4) is 11.1 Å². The number of benzene rings is 2. The zero-order chi connectivity index (χ0) is 22.8. The fourth-order valence-corrected chi connectivity index (χ4v) is 3.30. The summed E-state index contributed by atoms with van der Waals surface area (Å²) < 4.78 is 37.1. The van der Waals surface area contributed by atoms with Gasteiger partial charge in [-0.3, -0.25) is 0 Å². The lowest BCUT2D eigenvalue weighted by atomic mass is 10.0. The van der Waals surface area contributed by atoms with Crippen LogP contribution in [0.25, 0.3) is 11.1 Å². The van der Waals surface area contributed by atoms with Crippen LogP contribution < -0.4 is 0 Å². The topological polar surface area (TPSA) is 113 Å². The quantitative estimate of drug-likeness (QED) is 0.327. The van der Waals surface area contributed by atoms with E-state index in [2.05, 4.69) is 19.7 Å². The third-order valence-electron chi connectivity index (χ3n) is 4.02. The number of aryl methyl sites for hydroxylation is 1. The van der Waals surface area contributed by atoms with Crippen molar-refractivity contribution in [3.05, 3.63) is 76.3 Å². The molecule has 0 aliphatic rings. The Kier molecular flexibility index (Phi) is 6.32. The highest BCUT2D eigenvalue weighted by Crippen LogP contribution is 2.27. The van der Waals surface area contributed by atoms with Crippen molar-refractivity contribution in [3.63, 3.8) is 0 Å². The molecule has 1 aromatic heterocycles. The van der Waals surface area contributed by atoms with Gasteiger partial charge in [-0.15, -0.1) is 0 Å². The van der Waals surface area contributed by atoms with Gasteiger partial charge in [0, 0.05) is 23.0 Å². The van der Waals surface area contributed by atoms with Crippen molar-refractivity contribution in [2.75, 3.05) is 6.26 Å². The predicted molar refractivity (Wildman–Crippen MR) is 108 cm³/mol. The lowest BCUT2D eigenvalue weighted by Gasteiger charge is -2.11. The molecule has 3 rings (SSSR count). The van der Waals surface area contributed by atoms with E-state index in [-0.39, 0.29) is 16.1 Å². The molecule has 8 nitrogen and oxygen atoms in total. The first-order valence-electron chi connectivity index (χ1n) is 8.58. The van der Waals surface area contributed by atoms with Crippen LogP contribution in [0.3, 0.4) is 0 Å². The zero-order valence-corrected chi connectivity index (χ0v) is 17.7. The molecule has 0 saturated carbocycles. The van der Waals surface area contributed by atoms with Crippen LogP contribution in [0.2, 0.25) is 5.02 Å². The molecule has 0 N–H and O–H groups in total. The van der Waals surface area contributed by atoms with E-state index >= 15 is 0 Å². The number of aromatic nitrogens is 2. The Bertz CT molecular complexity index is 1300. The first-order chi connectivity index (χ1) is 14.6. The van der Waals surface area contributed by atoms with Crippen molar-refractivity contribution < 1.29 is 32.2 Å². The van der Waals surface area contributed by atoms with Gasteiger partial charge < -0.3 is 0 Å². The summed E-state index contributed by atoms with van der Waals surface area (Å²) in [6, 6.07) is 9.47. The maximum absolute atomic E-state index is 13.5. The highest BCUT2D eigenvalue weighted by atomic mass is 35.5. The highest BCUT2D eigenvalue weighted by Gasteiger charge is 2.24. The number of hydrogen-bond acceptors (Lipinski definition) is 8. The molecule has 1 heterocycles. The molecule has 0 aliphatic carbocycles. The second kappa shape index (κ2) is 8.78. The van der Waals surface area contributed by atoms with Gasteiger partial charge in [-0.25, -0.2) is 42.1 Å². The van der Waals surface area contributed by atoms with E-state index in [4.69, 9.17) is 11.6 Å². The van der Waals surface area contributed by atoms with Gasteiger partial charge in [-0.2, -0.15) is 0 Å². The Morgan fingerprint density at radius 3 is 2.39 bits per heavy atom. The van der Waals surface area contributed by atoms with Crippen LogP contribution in [0, 0.1) is 12.7 Å². The summed E-state index contributed by atoms with van der Waals surface area (Å²) in [7, 11) is -3.87. The maximum atomic E-state index is 13.5. The fourth-order valence-electron chi connectivity index (χ4n) is 2.61. The molecule has 31 heavy (non-hydrogen) atoms. The molecule has 0 aliphatic heterocycles. The van der Waals surface area contributed by atoms with Crippen LogP contribution in [0.15, 0.2) is 53.8 Å². The number of halogens is 2. The first-order valence-corrected chi connectivity index (χ1v) is 10.9. The minimum absolute atomic E-state index is 0.0226. The molecule has 0 fully saturated rings. The van der Waals surface area contributed by atoms with Gasteiger partial charge in [-0.1, -0.05) is 23.7 Å². The van der Waals surface area contributed by atoms with E-state index in [1.165, 1.54) is 36.4 Å². The highest BCUT2D eigenvalue weighted by molar-refractivity contribution is 7.90. The second-order valence-corrected chi connectivity index (χ2v) is 8.74. The number of nitrogens with zero attached hydrogens (tertiary/aromatic N) is 2. The zero-order valence-electron chi connectivity index (χ0n) is 16.1. The van der Waals surface area contributed by atoms with E-state index in [0.717, 1.165) is 18.5 Å². The second-order valence-electron chi connectivity index (χ2n) is 6.40. The van der Waals surface area contributed by atoms with Gasteiger partial charge in [0.05, 0.1) is 5.56 Å². The number of rotatable bonds is 4. The summed E-state index contributed by atoms with van der Waals surface area (Å²) in [4.78, 5) is 41.4. The molecule has 0 radical (unpaired) electrons. The molecule has 0 amide bonds. The van der Waals surface area contributed by atoms with Crippen molar-refractivity contribution in [2.24, 2.45) is 0 Å². The van der Waals surface area contributed by atoms with Crippen LogP contribution in [0.1, 0.15) is 26.4 Å². The maximum Gasteiger partial charge on any atom is 0.405 e. The van der Waals surface area contributed by atoms with Crippen molar-refractivity contribution in [2.45, 2.75) is 12.1 Å². The van der Waals surface area contributed by atoms with Gasteiger partial charge in [0.1, 0.15) is 5.82 Å². The number of carbonyl (C=O) groups is 2. The van der Waals surface area contributed by atoms with Gasteiger partial charge in [-0.05, 0) is 48.4 Å². The molecule has 11 heteroatoms. The monoisotopic (exact) mass is 464 g/mol. The van der Waals surface area contributed by atoms with Crippen molar-refractivity contribution >= 4 is 33.4 Å². The Morgan fingerprint density at radius 2 is 1.74 bits per heavy atom. The SMILES string of the molecule is Cc1cc(F)ccc1-c1cnc(S(C)(=O)=O)nc1C(=O)OOC(=O)c1cccc(Cl)c1. The summed E-state index contributed by atoms with van der Waals surface area (Å²) in [6.45, 7) is 1.58. The first kappa shape index (κ1) is 22.3. The van der Waals surface area contributed by atoms with E-state index in [9.17, 15) is 22.4 Å². The fraction of sp³-hybridized carbons (Fsp3) is 0.100. The molecule has 0 atom stereocenters. The van der Waals surface area contributed by atoms with Crippen LogP contribution >= 0.6 is 11.6 Å². The summed E-state index contributed by atoms with van der Waals surface area (Å²) in [6.07, 6.45) is 1.96. The van der Waals surface area contributed by atoms with E-state index in [1.807, 2.05) is 0 Å². The summed E-state index contributed by atoms with van der Waals surface area (Å²) in [5, 5.41) is -0.368. The Morgan fingerprint density at radius 1 is 1.03 bits per heavy atom. The minimum Gasteiger partial charge on any atom is -0.242 e. The molecule has 160 valence electrons.